The highest BCUT2D eigenvalue weighted by Gasteiger charge is 1.99. The van der Waals surface area contributed by atoms with Crippen LogP contribution >= 0.6 is 11.8 Å². The Kier molecular flexibility index (Phi) is 5.32. The molecule has 0 aliphatic rings. The molecule has 1 unspecified atom stereocenters. The van der Waals surface area contributed by atoms with Gasteiger partial charge in [-0.25, -0.2) is 0 Å². The van der Waals surface area contributed by atoms with Crippen molar-refractivity contribution in [3.05, 3.63) is 18.5 Å². The van der Waals surface area contributed by atoms with E-state index in [1.807, 2.05) is 24.2 Å². The molecule has 0 saturated carbocycles. The molecule has 0 spiro atoms. The van der Waals surface area contributed by atoms with E-state index in [4.69, 9.17) is 0 Å². The first-order chi connectivity index (χ1) is 7.26. The normalized spacial score (nSPS) is 12.2. The van der Waals surface area contributed by atoms with Gasteiger partial charge < -0.3 is 10.6 Å². The molecule has 0 aliphatic carbocycles. The van der Waals surface area contributed by atoms with Crippen molar-refractivity contribution in [1.82, 2.24) is 4.98 Å². The second-order valence-corrected chi connectivity index (χ2v) is 4.70. The van der Waals surface area contributed by atoms with E-state index in [-0.39, 0.29) is 0 Å². The molecule has 4 heteroatoms. The highest BCUT2D eigenvalue weighted by molar-refractivity contribution is 7.99. The van der Waals surface area contributed by atoms with Crippen LogP contribution in [-0.2, 0) is 0 Å². The molecule has 0 radical (unpaired) electrons. The van der Waals surface area contributed by atoms with E-state index in [1.54, 1.807) is 0 Å². The van der Waals surface area contributed by atoms with Crippen molar-refractivity contribution in [2.45, 2.75) is 19.1 Å². The summed E-state index contributed by atoms with van der Waals surface area (Å²) in [6.45, 7) is 6.18. The number of hydrogen-bond acceptors (Lipinski definition) is 4. The second-order valence-electron chi connectivity index (χ2n) is 3.42. The molecule has 3 nitrogen and oxygen atoms in total. The summed E-state index contributed by atoms with van der Waals surface area (Å²) < 4.78 is 0. The fourth-order valence-corrected chi connectivity index (χ4v) is 1.43. The molecule has 0 bridgehead atoms. The van der Waals surface area contributed by atoms with E-state index < -0.39 is 0 Å². The average Bonchev–Trinajstić information content (AvgIpc) is 2.27. The molecule has 0 aromatic carbocycles. The van der Waals surface area contributed by atoms with E-state index in [0.717, 1.165) is 24.5 Å². The molecule has 0 amide bonds. The number of thioether (sulfide) groups is 1. The van der Waals surface area contributed by atoms with Gasteiger partial charge in [-0.15, -0.1) is 0 Å². The number of aromatic nitrogens is 1. The molecular formula is C11H19N3S. The summed E-state index contributed by atoms with van der Waals surface area (Å²) in [7, 11) is 0. The largest absolute Gasteiger partial charge is 0.384 e. The van der Waals surface area contributed by atoms with Gasteiger partial charge in [0.05, 0.1) is 23.8 Å². The van der Waals surface area contributed by atoms with Gasteiger partial charge in [-0.05, 0) is 19.2 Å². The van der Waals surface area contributed by atoms with E-state index in [2.05, 4.69) is 41.8 Å². The number of hydrogen-bond donors (Lipinski definition) is 2. The lowest BCUT2D eigenvalue weighted by atomic mass is 10.3. The lowest BCUT2D eigenvalue weighted by molar-refractivity contribution is 1.00. The van der Waals surface area contributed by atoms with Crippen LogP contribution in [0.25, 0.3) is 0 Å². The molecule has 1 rings (SSSR count). The average molecular weight is 225 g/mol. The zero-order valence-electron chi connectivity index (χ0n) is 9.58. The van der Waals surface area contributed by atoms with Crippen LogP contribution in [0.2, 0.25) is 0 Å². The highest BCUT2D eigenvalue weighted by atomic mass is 32.2. The molecule has 0 fully saturated rings. The first-order valence-electron chi connectivity index (χ1n) is 5.21. The van der Waals surface area contributed by atoms with Gasteiger partial charge in [-0.1, -0.05) is 6.92 Å². The van der Waals surface area contributed by atoms with Crippen LogP contribution in [0.4, 0.5) is 11.4 Å². The Hall–Kier alpha value is -0.900. The smallest absolute Gasteiger partial charge is 0.0547 e. The van der Waals surface area contributed by atoms with Gasteiger partial charge in [0.1, 0.15) is 0 Å². The van der Waals surface area contributed by atoms with Crippen LogP contribution in [0.15, 0.2) is 18.5 Å². The number of nitrogens with zero attached hydrogens (tertiary/aromatic N) is 1. The molecule has 84 valence electrons. The fraction of sp³-hybridized carbons (Fsp3) is 0.545. The minimum Gasteiger partial charge on any atom is -0.384 e. The lowest BCUT2D eigenvalue weighted by Crippen LogP contribution is -2.12. The monoisotopic (exact) mass is 225 g/mol. The quantitative estimate of drug-likeness (QED) is 0.780. The van der Waals surface area contributed by atoms with Crippen molar-refractivity contribution >= 4 is 23.1 Å². The maximum atomic E-state index is 4.18. The van der Waals surface area contributed by atoms with Gasteiger partial charge in [-0.3, -0.25) is 4.98 Å². The molecule has 1 heterocycles. The first kappa shape index (κ1) is 12.2. The van der Waals surface area contributed by atoms with E-state index in [0.29, 0.717) is 5.25 Å². The zero-order valence-corrected chi connectivity index (χ0v) is 10.4. The maximum Gasteiger partial charge on any atom is 0.0547 e. The highest BCUT2D eigenvalue weighted by Crippen LogP contribution is 2.13. The van der Waals surface area contributed by atoms with Crippen LogP contribution in [-0.4, -0.2) is 29.6 Å². The van der Waals surface area contributed by atoms with Gasteiger partial charge in [0.15, 0.2) is 0 Å². The zero-order chi connectivity index (χ0) is 11.1. The van der Waals surface area contributed by atoms with Crippen LogP contribution < -0.4 is 10.6 Å². The molecule has 0 saturated heterocycles. The van der Waals surface area contributed by atoms with Gasteiger partial charge >= 0.3 is 0 Å². The van der Waals surface area contributed by atoms with Crippen molar-refractivity contribution in [2.75, 3.05) is 30.0 Å². The Morgan fingerprint density at radius 1 is 1.33 bits per heavy atom. The molecule has 2 N–H and O–H groups in total. The number of nitrogens with one attached hydrogen (secondary N) is 2. The summed E-state index contributed by atoms with van der Waals surface area (Å²) in [5.74, 6) is 0. The second kappa shape index (κ2) is 6.56. The lowest BCUT2D eigenvalue weighted by Gasteiger charge is -2.11. The van der Waals surface area contributed by atoms with Crippen LogP contribution in [0.5, 0.6) is 0 Å². The summed E-state index contributed by atoms with van der Waals surface area (Å²) in [6, 6.07) is 2.09. The Balaban J connectivity index is 2.50. The van der Waals surface area contributed by atoms with Crippen LogP contribution in [0, 0.1) is 0 Å². The van der Waals surface area contributed by atoms with Crippen LogP contribution in [0.3, 0.4) is 0 Å². The third kappa shape index (κ3) is 4.42. The maximum absolute atomic E-state index is 4.18. The van der Waals surface area contributed by atoms with Crippen molar-refractivity contribution in [1.29, 1.82) is 0 Å². The van der Waals surface area contributed by atoms with Gasteiger partial charge in [0.25, 0.3) is 0 Å². The fourth-order valence-electron chi connectivity index (χ4n) is 1.18. The molecule has 1 aromatic rings. The standard InChI is InChI=1S/C11H19N3S/c1-4-13-10-5-11(8-12-7-10)14-6-9(2)15-3/h5,7-9,13-14H,4,6H2,1-3H3. The Morgan fingerprint density at radius 2 is 2.00 bits per heavy atom. The minimum absolute atomic E-state index is 0.618. The van der Waals surface area contributed by atoms with Crippen LogP contribution in [0.1, 0.15) is 13.8 Å². The minimum atomic E-state index is 0.618. The van der Waals surface area contributed by atoms with Crippen molar-refractivity contribution < 1.29 is 0 Å². The van der Waals surface area contributed by atoms with E-state index >= 15 is 0 Å². The topological polar surface area (TPSA) is 37.0 Å². The third-order valence-corrected chi connectivity index (χ3v) is 3.09. The van der Waals surface area contributed by atoms with Crippen molar-refractivity contribution in [3.63, 3.8) is 0 Å². The Morgan fingerprint density at radius 3 is 2.60 bits per heavy atom. The number of anilines is 2. The van der Waals surface area contributed by atoms with Gasteiger partial charge in [-0.2, -0.15) is 11.8 Å². The van der Waals surface area contributed by atoms with Crippen molar-refractivity contribution in [2.24, 2.45) is 0 Å². The molecule has 1 aromatic heterocycles. The summed E-state index contributed by atoms with van der Waals surface area (Å²) >= 11 is 1.86. The predicted molar refractivity (Wildman–Crippen MR) is 69.9 cm³/mol. The molecular weight excluding hydrogens is 206 g/mol. The Bertz CT molecular complexity index is 291. The van der Waals surface area contributed by atoms with E-state index in [9.17, 15) is 0 Å². The summed E-state index contributed by atoms with van der Waals surface area (Å²) in [5, 5.41) is 7.23. The van der Waals surface area contributed by atoms with E-state index in [1.165, 1.54) is 0 Å². The molecule has 1 atom stereocenters. The van der Waals surface area contributed by atoms with Gasteiger partial charge in [0.2, 0.25) is 0 Å². The summed E-state index contributed by atoms with van der Waals surface area (Å²) in [5.41, 5.74) is 2.15. The Labute approximate surface area is 96.1 Å². The SMILES string of the molecule is CCNc1cncc(NCC(C)SC)c1. The van der Waals surface area contributed by atoms with Crippen molar-refractivity contribution in [3.8, 4) is 0 Å². The molecule has 15 heavy (non-hydrogen) atoms. The predicted octanol–water partition coefficient (Wildman–Crippen LogP) is 2.68. The number of rotatable bonds is 6. The summed E-state index contributed by atoms with van der Waals surface area (Å²) in [4.78, 5) is 4.18. The molecule has 0 aliphatic heterocycles. The summed E-state index contributed by atoms with van der Waals surface area (Å²) in [6.07, 6.45) is 5.82. The van der Waals surface area contributed by atoms with Gasteiger partial charge in [0, 0.05) is 18.3 Å². The number of pyridine rings is 1. The first-order valence-corrected chi connectivity index (χ1v) is 6.50. The third-order valence-electron chi connectivity index (χ3n) is 2.12.